The van der Waals surface area contributed by atoms with Gasteiger partial charge in [0.25, 0.3) is 0 Å². The van der Waals surface area contributed by atoms with Gasteiger partial charge in [0.1, 0.15) is 6.10 Å². The maximum Gasteiger partial charge on any atom is 0.302 e. The van der Waals surface area contributed by atoms with Gasteiger partial charge in [0, 0.05) is 45.1 Å². The van der Waals surface area contributed by atoms with Crippen molar-refractivity contribution >= 4 is 11.9 Å². The first-order chi connectivity index (χ1) is 23.1. The van der Waals surface area contributed by atoms with Gasteiger partial charge in [-0.25, -0.2) is 0 Å². The smallest absolute Gasteiger partial charge is 0.302 e. The molecule has 278 valence electrons. The molecule has 0 aromatic carbocycles. The van der Waals surface area contributed by atoms with Crippen LogP contribution < -0.4 is 11.1 Å². The van der Waals surface area contributed by atoms with Crippen molar-refractivity contribution in [2.45, 2.75) is 132 Å². The van der Waals surface area contributed by atoms with E-state index >= 15 is 0 Å². The lowest BCUT2D eigenvalue weighted by molar-refractivity contribution is -0.248. The van der Waals surface area contributed by atoms with Crippen molar-refractivity contribution in [1.29, 1.82) is 0 Å². The molecule has 1 saturated heterocycles. The lowest BCUT2D eigenvalue weighted by atomic mass is 9.32. The Kier molecular flexibility index (Phi) is 10.5. The molecule has 1 amide bonds. The van der Waals surface area contributed by atoms with Crippen LogP contribution in [0.5, 0.6) is 0 Å². The number of carbonyl (C=O) groups is 2. The number of piperazine rings is 1. The van der Waals surface area contributed by atoms with E-state index in [1.807, 2.05) is 0 Å². The molecule has 10 atom stereocenters. The van der Waals surface area contributed by atoms with Gasteiger partial charge in [-0.2, -0.15) is 0 Å². The third kappa shape index (κ3) is 6.15. The molecule has 0 aromatic heterocycles. The summed E-state index contributed by atoms with van der Waals surface area (Å²) in [5, 5.41) is 3.54. The molecular formula is C42H72N4O3. The van der Waals surface area contributed by atoms with Gasteiger partial charge in [-0.15, -0.1) is 0 Å². The second kappa shape index (κ2) is 13.8. The predicted octanol–water partition coefficient (Wildman–Crippen LogP) is 7.05. The summed E-state index contributed by atoms with van der Waals surface area (Å²) in [6, 6.07) is 0. The van der Waals surface area contributed by atoms with Gasteiger partial charge in [0.2, 0.25) is 5.91 Å². The van der Waals surface area contributed by atoms with E-state index in [0.717, 1.165) is 104 Å². The number of ether oxygens (including phenoxy) is 1. The second-order valence-corrected chi connectivity index (χ2v) is 19.2. The zero-order valence-corrected chi connectivity index (χ0v) is 32.5. The van der Waals surface area contributed by atoms with Gasteiger partial charge >= 0.3 is 5.97 Å². The fraction of sp³-hybridized carbons (Fsp3) is 0.905. The quantitative estimate of drug-likeness (QED) is 0.146. The van der Waals surface area contributed by atoms with Crippen molar-refractivity contribution in [3.8, 4) is 0 Å². The zero-order chi connectivity index (χ0) is 35.4. The number of carbonyl (C=O) groups excluding carboxylic acids is 2. The van der Waals surface area contributed by atoms with E-state index in [0.29, 0.717) is 35.5 Å². The highest BCUT2D eigenvalue weighted by atomic mass is 16.5. The van der Waals surface area contributed by atoms with Gasteiger partial charge in [-0.3, -0.25) is 9.59 Å². The van der Waals surface area contributed by atoms with Crippen LogP contribution >= 0.6 is 0 Å². The van der Waals surface area contributed by atoms with Crippen molar-refractivity contribution in [3.63, 3.8) is 0 Å². The summed E-state index contributed by atoms with van der Waals surface area (Å²) in [5.74, 6) is 2.81. The van der Waals surface area contributed by atoms with E-state index in [2.05, 4.69) is 63.2 Å². The highest BCUT2D eigenvalue weighted by molar-refractivity contribution is 5.84. The van der Waals surface area contributed by atoms with E-state index in [4.69, 9.17) is 10.5 Å². The van der Waals surface area contributed by atoms with E-state index < -0.39 is 0 Å². The highest BCUT2D eigenvalue weighted by Gasteiger charge is 2.72. The Bertz CT molecular complexity index is 1240. The van der Waals surface area contributed by atoms with Crippen LogP contribution in [0.4, 0.5) is 0 Å². The Labute approximate surface area is 299 Å². The minimum absolute atomic E-state index is 0.0136. The molecular weight excluding hydrogens is 608 g/mol. The second-order valence-electron chi connectivity index (χ2n) is 19.2. The average molecular weight is 681 g/mol. The average Bonchev–Trinajstić information content (AvgIpc) is 3.45. The molecule has 6 rings (SSSR count). The molecule has 5 saturated carbocycles. The number of amides is 1. The van der Waals surface area contributed by atoms with E-state index in [1.165, 1.54) is 31.3 Å². The summed E-state index contributed by atoms with van der Waals surface area (Å²) in [5.41, 5.74) is 7.43. The number of esters is 1. The SMILES string of the molecule is C=C(C)[C@@H]1CC[C@]2(C(=O)NCCCN3CCN(CCCN)CC3)CC[C@]3(C)[C@H](CC[C@@H]4[C@@]5(C)CC[C@H](OC(C)=O)C(C)(C)[C@@H]5CC[C@]43C)[C@@H]12. The third-order valence-corrected chi connectivity index (χ3v) is 16.8. The fourth-order valence-corrected chi connectivity index (χ4v) is 14.2. The van der Waals surface area contributed by atoms with E-state index in [-0.39, 0.29) is 39.1 Å². The van der Waals surface area contributed by atoms with E-state index in [9.17, 15) is 9.59 Å². The Morgan fingerprint density at radius 2 is 1.47 bits per heavy atom. The summed E-state index contributed by atoms with van der Waals surface area (Å²) in [4.78, 5) is 31.7. The standard InChI is InChI=1S/C42H72N4O3/c1-29(2)31-13-18-42(37(48)44-22-10-24-46-27-25-45(26-28-46)23-9-21-43)20-19-40(7)32(36(31)42)11-12-34-39(6)16-15-35(49-30(3)47)38(4,5)33(39)14-17-41(34,40)8/h31-36H,1,9-28,43H2,2-8H3,(H,44,48)/t31-,32+,33-,34+,35-,36+,39-,40+,41+,42-/m0/s1. The van der Waals surface area contributed by atoms with Crippen LogP contribution in [0.3, 0.4) is 0 Å². The Morgan fingerprint density at radius 1 is 0.796 bits per heavy atom. The van der Waals surface area contributed by atoms with Crippen LogP contribution in [0.2, 0.25) is 0 Å². The Balaban J connectivity index is 1.16. The number of fused-ring (bicyclic) bond motifs is 7. The summed E-state index contributed by atoms with van der Waals surface area (Å²) in [6.45, 7) is 29.3. The molecule has 6 fully saturated rings. The largest absolute Gasteiger partial charge is 0.462 e. The first-order valence-electron chi connectivity index (χ1n) is 20.4. The Morgan fingerprint density at radius 3 is 2.10 bits per heavy atom. The highest BCUT2D eigenvalue weighted by Crippen LogP contribution is 2.77. The molecule has 5 aliphatic carbocycles. The minimum atomic E-state index is -0.253. The fourth-order valence-electron chi connectivity index (χ4n) is 14.2. The van der Waals surface area contributed by atoms with Gasteiger partial charge in [0.15, 0.2) is 0 Å². The molecule has 0 unspecified atom stereocenters. The lowest BCUT2D eigenvalue weighted by Gasteiger charge is -2.72. The summed E-state index contributed by atoms with van der Waals surface area (Å²) in [7, 11) is 0. The van der Waals surface area contributed by atoms with Crippen molar-refractivity contribution < 1.29 is 14.3 Å². The number of nitrogens with one attached hydrogen (secondary N) is 1. The molecule has 1 heterocycles. The zero-order valence-electron chi connectivity index (χ0n) is 32.5. The number of nitrogens with two attached hydrogens (primary N) is 1. The van der Waals surface area contributed by atoms with Crippen LogP contribution in [0, 0.1) is 56.7 Å². The predicted molar refractivity (Wildman–Crippen MR) is 199 cm³/mol. The van der Waals surface area contributed by atoms with Gasteiger partial charge < -0.3 is 25.6 Å². The molecule has 7 nitrogen and oxygen atoms in total. The molecule has 49 heavy (non-hydrogen) atoms. The number of hydrogen-bond donors (Lipinski definition) is 2. The number of allylic oxidation sites excluding steroid dienone is 1. The molecule has 0 spiro atoms. The Hall–Kier alpha value is -1.44. The normalized spacial score (nSPS) is 43.4. The molecule has 7 heteroatoms. The number of hydrogen-bond acceptors (Lipinski definition) is 6. The van der Waals surface area contributed by atoms with Crippen molar-refractivity contribution in [3.05, 3.63) is 12.2 Å². The van der Waals surface area contributed by atoms with Crippen molar-refractivity contribution in [2.75, 3.05) is 52.4 Å². The van der Waals surface area contributed by atoms with E-state index in [1.54, 1.807) is 6.92 Å². The van der Waals surface area contributed by atoms with Crippen LogP contribution in [0.15, 0.2) is 12.2 Å². The lowest BCUT2D eigenvalue weighted by Crippen LogP contribution is -2.67. The van der Waals surface area contributed by atoms with Gasteiger partial charge in [0.05, 0.1) is 5.41 Å². The van der Waals surface area contributed by atoms with Gasteiger partial charge in [-0.05, 0) is 149 Å². The molecule has 0 radical (unpaired) electrons. The molecule has 6 aliphatic rings. The topological polar surface area (TPSA) is 87.9 Å². The van der Waals surface area contributed by atoms with Crippen LogP contribution in [-0.2, 0) is 14.3 Å². The minimum Gasteiger partial charge on any atom is -0.462 e. The van der Waals surface area contributed by atoms with Crippen LogP contribution in [0.25, 0.3) is 0 Å². The monoisotopic (exact) mass is 681 g/mol. The van der Waals surface area contributed by atoms with Crippen LogP contribution in [0.1, 0.15) is 126 Å². The first kappa shape index (κ1) is 37.3. The first-order valence-corrected chi connectivity index (χ1v) is 20.4. The number of rotatable bonds is 10. The molecule has 0 aromatic rings. The maximum absolute atomic E-state index is 14.5. The summed E-state index contributed by atoms with van der Waals surface area (Å²) < 4.78 is 5.97. The van der Waals surface area contributed by atoms with Crippen molar-refractivity contribution in [1.82, 2.24) is 15.1 Å². The summed E-state index contributed by atoms with van der Waals surface area (Å²) >= 11 is 0. The molecule has 3 N–H and O–H groups in total. The molecule has 1 aliphatic heterocycles. The molecule has 0 bridgehead atoms. The third-order valence-electron chi connectivity index (χ3n) is 16.8. The van der Waals surface area contributed by atoms with Gasteiger partial charge in [-0.1, -0.05) is 46.8 Å². The van der Waals surface area contributed by atoms with Crippen molar-refractivity contribution in [2.24, 2.45) is 62.4 Å². The van der Waals surface area contributed by atoms with Crippen LogP contribution in [-0.4, -0.2) is 80.1 Å². The number of nitrogens with zero attached hydrogens (tertiary/aromatic N) is 2. The summed E-state index contributed by atoms with van der Waals surface area (Å²) in [6.07, 6.45) is 13.5. The maximum atomic E-state index is 14.5.